The number of H-pyrrole nitrogens is 1. The van der Waals surface area contributed by atoms with Gasteiger partial charge in [0.2, 0.25) is 0 Å². The molecule has 0 aliphatic heterocycles. The molecule has 0 atom stereocenters. The topological polar surface area (TPSA) is 102 Å². The number of benzene rings is 1. The third-order valence-corrected chi connectivity index (χ3v) is 3.16. The van der Waals surface area contributed by atoms with Gasteiger partial charge in [-0.3, -0.25) is 5.41 Å². The molecule has 0 bridgehead atoms. The van der Waals surface area contributed by atoms with Gasteiger partial charge in [-0.2, -0.15) is 5.26 Å². The molecular weight excluding hydrogens is 250 g/mol. The number of pyridine rings is 1. The molecule has 0 aliphatic rings. The van der Waals surface area contributed by atoms with Gasteiger partial charge in [-0.15, -0.1) is 0 Å². The second kappa shape index (κ2) is 4.52. The number of rotatable bonds is 2. The zero-order chi connectivity index (χ0) is 14.1. The van der Waals surface area contributed by atoms with Crippen LogP contribution in [0.3, 0.4) is 0 Å². The van der Waals surface area contributed by atoms with E-state index >= 15 is 0 Å². The lowest BCUT2D eigenvalue weighted by atomic mass is 10.1. The Balaban J connectivity index is 2.14. The van der Waals surface area contributed by atoms with E-state index in [0.717, 1.165) is 10.9 Å². The van der Waals surface area contributed by atoms with Gasteiger partial charge in [-0.25, -0.2) is 4.98 Å². The molecule has 0 saturated carbocycles. The van der Waals surface area contributed by atoms with Crippen LogP contribution >= 0.6 is 0 Å². The number of aromatic nitrogens is 2. The second-order valence-corrected chi connectivity index (χ2v) is 4.37. The first kappa shape index (κ1) is 11.9. The monoisotopic (exact) mass is 261 g/mol. The lowest BCUT2D eigenvalue weighted by Gasteiger charge is -2.03. The number of nitrogens with two attached hydrogens (primary N) is 1. The van der Waals surface area contributed by atoms with Gasteiger partial charge in [-0.05, 0) is 30.3 Å². The van der Waals surface area contributed by atoms with Gasteiger partial charge in [0.1, 0.15) is 5.82 Å². The minimum Gasteiger partial charge on any atom is -0.383 e. The Morgan fingerprint density at radius 1 is 1.30 bits per heavy atom. The highest BCUT2D eigenvalue weighted by atomic mass is 14.8. The molecule has 3 aromatic rings. The largest absolute Gasteiger partial charge is 0.383 e. The fourth-order valence-corrected chi connectivity index (χ4v) is 2.16. The summed E-state index contributed by atoms with van der Waals surface area (Å²) >= 11 is 0. The number of fused-ring (bicyclic) bond motifs is 1. The van der Waals surface area contributed by atoms with E-state index in [9.17, 15) is 0 Å². The van der Waals surface area contributed by atoms with Crippen molar-refractivity contribution < 1.29 is 0 Å². The predicted octanol–water partition coefficient (Wildman–Crippen LogP) is 2.43. The maximum Gasteiger partial charge on any atom is 0.132 e. The molecule has 0 aliphatic carbocycles. The average molecular weight is 261 g/mol. The fourth-order valence-electron chi connectivity index (χ4n) is 2.16. The van der Waals surface area contributed by atoms with Crippen molar-refractivity contribution in [2.75, 3.05) is 5.73 Å². The molecule has 1 aromatic carbocycles. The number of aromatic amines is 1. The Morgan fingerprint density at radius 2 is 2.15 bits per heavy atom. The number of nitriles is 1. The van der Waals surface area contributed by atoms with Gasteiger partial charge in [0.15, 0.2) is 0 Å². The Kier molecular flexibility index (Phi) is 2.70. The summed E-state index contributed by atoms with van der Waals surface area (Å²) in [5.74, 6) is 0.316. The number of nitrogens with one attached hydrogen (secondary N) is 2. The molecule has 4 N–H and O–H groups in total. The first-order valence-electron chi connectivity index (χ1n) is 6.02. The van der Waals surface area contributed by atoms with Crippen LogP contribution in [0, 0.1) is 16.7 Å². The zero-order valence-electron chi connectivity index (χ0n) is 10.5. The Labute approximate surface area is 115 Å². The summed E-state index contributed by atoms with van der Waals surface area (Å²) in [6.45, 7) is 0. The van der Waals surface area contributed by atoms with Gasteiger partial charge in [0.05, 0.1) is 23.0 Å². The Hall–Kier alpha value is -3.13. The van der Waals surface area contributed by atoms with Crippen LogP contribution in [0.25, 0.3) is 10.9 Å². The van der Waals surface area contributed by atoms with E-state index in [-0.39, 0.29) is 5.71 Å². The van der Waals surface area contributed by atoms with Crippen LogP contribution in [0.1, 0.15) is 16.8 Å². The molecule has 20 heavy (non-hydrogen) atoms. The molecule has 3 rings (SSSR count). The van der Waals surface area contributed by atoms with E-state index in [4.69, 9.17) is 16.4 Å². The van der Waals surface area contributed by atoms with Crippen molar-refractivity contribution >= 4 is 22.4 Å². The summed E-state index contributed by atoms with van der Waals surface area (Å²) in [5.41, 5.74) is 8.64. The molecule has 96 valence electrons. The molecule has 2 heterocycles. The molecule has 0 unspecified atom stereocenters. The van der Waals surface area contributed by atoms with Crippen LogP contribution in [-0.2, 0) is 0 Å². The second-order valence-electron chi connectivity index (χ2n) is 4.37. The van der Waals surface area contributed by atoms with Crippen molar-refractivity contribution in [2.24, 2.45) is 0 Å². The molecule has 0 fully saturated rings. The van der Waals surface area contributed by atoms with E-state index in [0.29, 0.717) is 22.6 Å². The van der Waals surface area contributed by atoms with Crippen molar-refractivity contribution in [3.05, 3.63) is 59.4 Å². The quantitative estimate of drug-likeness (QED) is 0.617. The van der Waals surface area contributed by atoms with Gasteiger partial charge >= 0.3 is 0 Å². The van der Waals surface area contributed by atoms with Gasteiger partial charge in [0.25, 0.3) is 0 Å². The predicted molar refractivity (Wildman–Crippen MR) is 77.6 cm³/mol. The highest BCUT2D eigenvalue weighted by molar-refractivity contribution is 6.14. The molecule has 2 aromatic heterocycles. The van der Waals surface area contributed by atoms with Crippen LogP contribution in [0.15, 0.2) is 42.6 Å². The van der Waals surface area contributed by atoms with E-state index in [2.05, 4.69) is 16.0 Å². The van der Waals surface area contributed by atoms with Crippen LogP contribution < -0.4 is 5.73 Å². The third kappa shape index (κ3) is 1.80. The fraction of sp³-hybridized carbons (Fsp3) is 0. The molecule has 0 amide bonds. The van der Waals surface area contributed by atoms with Crippen LogP contribution in [0.4, 0.5) is 5.82 Å². The summed E-state index contributed by atoms with van der Waals surface area (Å²) in [6.07, 6.45) is 1.59. The van der Waals surface area contributed by atoms with Crippen molar-refractivity contribution in [3.8, 4) is 6.07 Å². The minimum atomic E-state index is 0.260. The molecule has 0 spiro atoms. The summed E-state index contributed by atoms with van der Waals surface area (Å²) in [4.78, 5) is 7.12. The van der Waals surface area contributed by atoms with E-state index in [1.165, 1.54) is 0 Å². The molecule has 5 heteroatoms. The maximum atomic E-state index is 9.10. The smallest absolute Gasteiger partial charge is 0.132 e. The van der Waals surface area contributed by atoms with Crippen molar-refractivity contribution in [3.63, 3.8) is 0 Å². The number of nitrogen functional groups attached to an aromatic ring is 1. The van der Waals surface area contributed by atoms with Gasteiger partial charge < -0.3 is 10.7 Å². The van der Waals surface area contributed by atoms with E-state index < -0.39 is 0 Å². The molecule has 0 radical (unpaired) electrons. The Bertz CT molecular complexity index is 854. The summed E-state index contributed by atoms with van der Waals surface area (Å²) in [5, 5.41) is 18.1. The van der Waals surface area contributed by atoms with Crippen molar-refractivity contribution in [1.82, 2.24) is 9.97 Å². The lowest BCUT2D eigenvalue weighted by Crippen LogP contribution is -2.06. The first-order chi connectivity index (χ1) is 9.70. The lowest BCUT2D eigenvalue weighted by molar-refractivity contribution is 1.30. The zero-order valence-corrected chi connectivity index (χ0v) is 10.5. The van der Waals surface area contributed by atoms with Crippen molar-refractivity contribution in [2.45, 2.75) is 0 Å². The Morgan fingerprint density at radius 3 is 2.90 bits per heavy atom. The van der Waals surface area contributed by atoms with Gasteiger partial charge in [-0.1, -0.05) is 6.07 Å². The van der Waals surface area contributed by atoms with E-state index in [1.807, 2.05) is 12.1 Å². The van der Waals surface area contributed by atoms with Crippen LogP contribution in [0.5, 0.6) is 0 Å². The maximum absolute atomic E-state index is 9.10. The molecule has 5 nitrogen and oxygen atoms in total. The standard InChI is InChI=1S/C15H11N5/c16-8-9-3-1-5-12-11(9)7-13(20-12)14(17)10-4-2-6-19-15(10)18/h1-7,17,20H,(H2,18,19). The van der Waals surface area contributed by atoms with Crippen LogP contribution in [-0.4, -0.2) is 15.7 Å². The summed E-state index contributed by atoms with van der Waals surface area (Å²) < 4.78 is 0. The van der Waals surface area contributed by atoms with E-state index in [1.54, 1.807) is 30.5 Å². The number of nitrogens with zero attached hydrogens (tertiary/aromatic N) is 2. The normalized spacial score (nSPS) is 10.3. The van der Waals surface area contributed by atoms with Gasteiger partial charge in [0, 0.05) is 22.7 Å². The summed E-state index contributed by atoms with van der Waals surface area (Å²) in [7, 11) is 0. The van der Waals surface area contributed by atoms with Crippen molar-refractivity contribution in [1.29, 1.82) is 10.7 Å². The molecular formula is C15H11N5. The number of hydrogen-bond donors (Lipinski definition) is 3. The highest BCUT2D eigenvalue weighted by Gasteiger charge is 2.12. The highest BCUT2D eigenvalue weighted by Crippen LogP contribution is 2.22. The minimum absolute atomic E-state index is 0.260. The summed E-state index contributed by atoms with van der Waals surface area (Å²) in [6, 6.07) is 12.9. The SMILES string of the molecule is N#Cc1cccc2[nH]c(C(=N)c3cccnc3N)cc12. The molecule has 0 saturated heterocycles. The number of hydrogen-bond acceptors (Lipinski definition) is 4. The van der Waals surface area contributed by atoms with Crippen LogP contribution in [0.2, 0.25) is 0 Å². The third-order valence-electron chi connectivity index (χ3n) is 3.16. The first-order valence-corrected chi connectivity index (χ1v) is 6.02. The average Bonchev–Trinajstić information content (AvgIpc) is 2.91. The number of anilines is 1.